The molecule has 0 aromatic rings. The summed E-state index contributed by atoms with van der Waals surface area (Å²) in [6.45, 7) is 3.17. The number of nitrogens with one attached hydrogen (secondary N) is 1. The van der Waals surface area contributed by atoms with Crippen molar-refractivity contribution in [1.29, 1.82) is 0 Å². The van der Waals surface area contributed by atoms with Crippen LogP contribution in [0.15, 0.2) is 0 Å². The van der Waals surface area contributed by atoms with E-state index >= 15 is 0 Å². The van der Waals surface area contributed by atoms with E-state index < -0.39 is 0 Å². The van der Waals surface area contributed by atoms with Crippen LogP contribution in [0.25, 0.3) is 0 Å². The van der Waals surface area contributed by atoms with Crippen molar-refractivity contribution in [3.8, 4) is 0 Å². The van der Waals surface area contributed by atoms with E-state index in [-0.39, 0.29) is 5.60 Å². The summed E-state index contributed by atoms with van der Waals surface area (Å²) in [6, 6.07) is 0.672. The van der Waals surface area contributed by atoms with Crippen molar-refractivity contribution in [2.75, 3.05) is 6.54 Å². The smallest absolute Gasteiger partial charge is 0.0771 e. The zero-order valence-electron chi connectivity index (χ0n) is 9.97. The van der Waals surface area contributed by atoms with Gasteiger partial charge in [-0.05, 0) is 44.4 Å². The summed E-state index contributed by atoms with van der Waals surface area (Å²) < 4.78 is 0. The Hall–Kier alpha value is -0.0800. The minimum Gasteiger partial charge on any atom is -0.389 e. The van der Waals surface area contributed by atoms with E-state index in [1.54, 1.807) is 0 Å². The number of rotatable bonds is 3. The van der Waals surface area contributed by atoms with Crippen LogP contribution >= 0.6 is 0 Å². The largest absolute Gasteiger partial charge is 0.389 e. The lowest BCUT2D eigenvalue weighted by Gasteiger charge is -2.30. The molecule has 0 radical (unpaired) electrons. The van der Waals surface area contributed by atoms with Crippen LogP contribution < -0.4 is 5.32 Å². The Kier molecular flexibility index (Phi) is 3.68. The molecule has 0 aromatic carbocycles. The van der Waals surface area contributed by atoms with Crippen molar-refractivity contribution in [3.63, 3.8) is 0 Å². The van der Waals surface area contributed by atoms with E-state index in [9.17, 15) is 5.11 Å². The van der Waals surface area contributed by atoms with Gasteiger partial charge in [0.2, 0.25) is 0 Å². The lowest BCUT2D eigenvalue weighted by Crippen LogP contribution is -2.43. The van der Waals surface area contributed by atoms with E-state index in [0.717, 1.165) is 25.3 Å². The fourth-order valence-electron chi connectivity index (χ4n) is 3.01. The first-order valence-electron chi connectivity index (χ1n) is 6.64. The zero-order chi connectivity index (χ0) is 10.7. The summed E-state index contributed by atoms with van der Waals surface area (Å²) >= 11 is 0. The molecule has 0 spiro atoms. The lowest BCUT2D eigenvalue weighted by atomic mass is 9.87. The molecule has 2 aliphatic carbocycles. The van der Waals surface area contributed by atoms with Crippen LogP contribution in [0.3, 0.4) is 0 Å². The Bertz CT molecular complexity index is 191. The third-order valence-corrected chi connectivity index (χ3v) is 4.27. The van der Waals surface area contributed by atoms with Crippen LogP contribution in [-0.2, 0) is 0 Å². The van der Waals surface area contributed by atoms with Crippen LogP contribution in [0.5, 0.6) is 0 Å². The third-order valence-electron chi connectivity index (χ3n) is 4.27. The van der Waals surface area contributed by atoms with E-state index in [2.05, 4.69) is 12.2 Å². The Morgan fingerprint density at radius 3 is 2.33 bits per heavy atom. The van der Waals surface area contributed by atoms with Crippen molar-refractivity contribution in [3.05, 3.63) is 0 Å². The van der Waals surface area contributed by atoms with Crippen LogP contribution in [0.4, 0.5) is 0 Å². The molecule has 0 aliphatic heterocycles. The van der Waals surface area contributed by atoms with Gasteiger partial charge < -0.3 is 10.4 Å². The van der Waals surface area contributed by atoms with Crippen LogP contribution in [-0.4, -0.2) is 23.3 Å². The number of hydrogen-bond acceptors (Lipinski definition) is 2. The van der Waals surface area contributed by atoms with E-state index in [1.165, 1.54) is 38.5 Å². The maximum absolute atomic E-state index is 10.2. The average molecular weight is 211 g/mol. The van der Waals surface area contributed by atoms with Gasteiger partial charge in [0.15, 0.2) is 0 Å². The van der Waals surface area contributed by atoms with Crippen molar-refractivity contribution in [2.24, 2.45) is 5.92 Å². The molecule has 2 aliphatic rings. The normalized spacial score (nSPS) is 35.6. The maximum Gasteiger partial charge on any atom is 0.0771 e. The molecule has 2 rings (SSSR count). The first-order chi connectivity index (χ1) is 7.18. The van der Waals surface area contributed by atoms with Crippen molar-refractivity contribution < 1.29 is 5.11 Å². The molecule has 2 fully saturated rings. The highest BCUT2D eigenvalue weighted by Gasteiger charge is 2.31. The Morgan fingerprint density at radius 1 is 1.13 bits per heavy atom. The first kappa shape index (κ1) is 11.4. The molecule has 2 saturated carbocycles. The highest BCUT2D eigenvalue weighted by atomic mass is 16.3. The van der Waals surface area contributed by atoms with E-state index in [4.69, 9.17) is 0 Å². The summed E-state index contributed by atoms with van der Waals surface area (Å²) in [5, 5.41) is 13.8. The predicted octanol–water partition coefficient (Wildman–Crippen LogP) is 2.46. The van der Waals surface area contributed by atoms with Crippen LogP contribution in [0.1, 0.15) is 58.3 Å². The Labute approximate surface area is 93.5 Å². The molecule has 0 saturated heterocycles. The quantitative estimate of drug-likeness (QED) is 0.751. The predicted molar refractivity (Wildman–Crippen MR) is 62.8 cm³/mol. The molecule has 15 heavy (non-hydrogen) atoms. The van der Waals surface area contributed by atoms with Gasteiger partial charge in [0, 0.05) is 12.6 Å². The van der Waals surface area contributed by atoms with Gasteiger partial charge in [-0.2, -0.15) is 0 Å². The topological polar surface area (TPSA) is 32.3 Å². The molecule has 2 nitrogen and oxygen atoms in total. The zero-order valence-corrected chi connectivity index (χ0v) is 9.97. The summed E-state index contributed by atoms with van der Waals surface area (Å²) in [5.74, 6) is 0.914. The first-order valence-corrected chi connectivity index (χ1v) is 6.64. The summed E-state index contributed by atoms with van der Waals surface area (Å²) in [7, 11) is 0. The van der Waals surface area contributed by atoms with Crippen LogP contribution in [0.2, 0.25) is 0 Å². The molecule has 0 atom stereocenters. The molecule has 0 amide bonds. The maximum atomic E-state index is 10.2. The fourth-order valence-corrected chi connectivity index (χ4v) is 3.01. The minimum atomic E-state index is -0.372. The molecule has 0 heterocycles. The van der Waals surface area contributed by atoms with Gasteiger partial charge in [0.05, 0.1) is 5.60 Å². The highest BCUT2D eigenvalue weighted by molar-refractivity contribution is 4.88. The van der Waals surface area contributed by atoms with Gasteiger partial charge in [-0.3, -0.25) is 0 Å². The Balaban J connectivity index is 1.69. The van der Waals surface area contributed by atoms with E-state index in [0.29, 0.717) is 6.04 Å². The molecule has 88 valence electrons. The van der Waals surface area contributed by atoms with Gasteiger partial charge in [-0.1, -0.05) is 19.8 Å². The molecular formula is C13H25NO. The second-order valence-corrected chi connectivity index (χ2v) is 5.77. The summed E-state index contributed by atoms with van der Waals surface area (Å²) in [4.78, 5) is 0. The van der Waals surface area contributed by atoms with Gasteiger partial charge >= 0.3 is 0 Å². The lowest BCUT2D eigenvalue weighted by molar-refractivity contribution is 0.0428. The molecule has 0 aromatic heterocycles. The van der Waals surface area contributed by atoms with Crippen molar-refractivity contribution in [1.82, 2.24) is 5.32 Å². The molecule has 2 N–H and O–H groups in total. The second kappa shape index (κ2) is 4.84. The van der Waals surface area contributed by atoms with Gasteiger partial charge in [-0.25, -0.2) is 0 Å². The second-order valence-electron chi connectivity index (χ2n) is 5.77. The monoisotopic (exact) mass is 211 g/mol. The fraction of sp³-hybridized carbons (Fsp3) is 1.00. The molecule has 2 heteroatoms. The molecule has 0 bridgehead atoms. The average Bonchev–Trinajstić information content (AvgIpc) is 2.65. The molecule has 0 unspecified atom stereocenters. The summed E-state index contributed by atoms with van der Waals surface area (Å²) in [5.41, 5.74) is -0.372. The highest BCUT2D eigenvalue weighted by Crippen LogP contribution is 2.29. The van der Waals surface area contributed by atoms with Crippen molar-refractivity contribution >= 4 is 0 Å². The van der Waals surface area contributed by atoms with Crippen molar-refractivity contribution in [2.45, 2.75) is 69.9 Å². The van der Waals surface area contributed by atoms with Gasteiger partial charge in [0.1, 0.15) is 0 Å². The number of hydrogen-bond donors (Lipinski definition) is 2. The minimum absolute atomic E-state index is 0.372. The third kappa shape index (κ3) is 3.18. The SMILES string of the molecule is CC1CCC(NCC2(O)CCCC2)CC1. The van der Waals surface area contributed by atoms with E-state index in [1.807, 2.05) is 0 Å². The molecular weight excluding hydrogens is 186 g/mol. The number of aliphatic hydroxyl groups is 1. The van der Waals surface area contributed by atoms with Gasteiger partial charge in [-0.15, -0.1) is 0 Å². The summed E-state index contributed by atoms with van der Waals surface area (Å²) in [6.07, 6.45) is 9.74. The van der Waals surface area contributed by atoms with Crippen LogP contribution in [0, 0.1) is 5.92 Å². The Morgan fingerprint density at radius 2 is 1.73 bits per heavy atom. The van der Waals surface area contributed by atoms with Gasteiger partial charge in [0.25, 0.3) is 0 Å². The standard InChI is InChI=1S/C13H25NO/c1-11-4-6-12(7-5-11)14-10-13(15)8-2-3-9-13/h11-12,14-15H,2-10H2,1H3.